The van der Waals surface area contributed by atoms with Gasteiger partial charge in [-0.1, -0.05) is 23.9 Å². The fourth-order valence-corrected chi connectivity index (χ4v) is 3.46. The number of amides is 1. The monoisotopic (exact) mass is 389 g/mol. The lowest BCUT2D eigenvalue weighted by atomic mass is 10.1. The summed E-state index contributed by atoms with van der Waals surface area (Å²) < 4.78 is 7.71. The smallest absolute Gasteiger partial charge is 0.236 e. The van der Waals surface area contributed by atoms with Crippen LogP contribution in [0.25, 0.3) is 0 Å². The van der Waals surface area contributed by atoms with Gasteiger partial charge in [0.2, 0.25) is 5.91 Å². The third-order valence-corrected chi connectivity index (χ3v) is 5.56. The summed E-state index contributed by atoms with van der Waals surface area (Å²) in [6, 6.07) is 5.96. The fourth-order valence-electron chi connectivity index (χ4n) is 2.19. The molecule has 9 heteroatoms. The molecule has 1 N–H and O–H groups in total. The number of hydrogen-bond donors (Lipinski definition) is 1. The van der Waals surface area contributed by atoms with Crippen LogP contribution in [0.3, 0.4) is 0 Å². The number of aryl methyl sites for hydroxylation is 1. The molecule has 0 unspecified atom stereocenters. The number of hydrogen-bond acceptors (Lipinski definition) is 7. The highest BCUT2D eigenvalue weighted by Gasteiger charge is 2.13. The summed E-state index contributed by atoms with van der Waals surface area (Å²) in [5, 5.41) is 14.1. The van der Waals surface area contributed by atoms with E-state index in [2.05, 4.69) is 33.5 Å². The molecule has 0 saturated heterocycles. The van der Waals surface area contributed by atoms with E-state index in [9.17, 15) is 4.79 Å². The van der Waals surface area contributed by atoms with Crippen LogP contribution in [0.15, 0.2) is 34.9 Å². The summed E-state index contributed by atoms with van der Waals surface area (Å²) in [4.78, 5) is 16.0. The van der Waals surface area contributed by atoms with Gasteiger partial charge < -0.3 is 14.6 Å². The van der Waals surface area contributed by atoms with Crippen LogP contribution < -0.4 is 10.1 Å². The molecule has 0 radical (unpaired) electrons. The van der Waals surface area contributed by atoms with Crippen LogP contribution in [-0.4, -0.2) is 31.4 Å². The zero-order valence-corrected chi connectivity index (χ0v) is 16.4. The Labute approximate surface area is 159 Å². The minimum Gasteiger partial charge on any atom is -0.485 e. The Morgan fingerprint density at radius 2 is 2.19 bits per heavy atom. The van der Waals surface area contributed by atoms with Gasteiger partial charge in [0.05, 0.1) is 5.75 Å². The normalized spacial score (nSPS) is 10.7. The highest BCUT2D eigenvalue weighted by molar-refractivity contribution is 7.99. The Morgan fingerprint density at radius 1 is 1.35 bits per heavy atom. The van der Waals surface area contributed by atoms with Gasteiger partial charge in [-0.25, -0.2) is 4.98 Å². The largest absolute Gasteiger partial charge is 0.485 e. The Hall–Kier alpha value is -2.39. The van der Waals surface area contributed by atoms with Crippen LogP contribution in [0.4, 0.5) is 5.13 Å². The maximum atomic E-state index is 11.9. The highest BCUT2D eigenvalue weighted by atomic mass is 32.2. The first-order valence-electron chi connectivity index (χ1n) is 7.94. The molecule has 1 aromatic carbocycles. The number of anilines is 1. The number of rotatable bonds is 7. The zero-order chi connectivity index (χ0) is 18.5. The van der Waals surface area contributed by atoms with Crippen molar-refractivity contribution in [2.24, 2.45) is 7.05 Å². The van der Waals surface area contributed by atoms with Crippen molar-refractivity contribution in [3.8, 4) is 5.75 Å². The quantitative estimate of drug-likeness (QED) is 0.625. The molecule has 136 valence electrons. The molecule has 0 saturated carbocycles. The lowest BCUT2D eigenvalue weighted by Gasteiger charge is -2.10. The predicted molar refractivity (Wildman–Crippen MR) is 103 cm³/mol. The fraction of sp³-hybridized carbons (Fsp3) is 0.294. The summed E-state index contributed by atoms with van der Waals surface area (Å²) in [6.45, 7) is 4.40. The Bertz CT molecular complexity index is 893. The number of ether oxygens (including phenoxy) is 1. The van der Waals surface area contributed by atoms with Crippen LogP contribution in [0, 0.1) is 13.8 Å². The molecule has 0 aliphatic heterocycles. The van der Waals surface area contributed by atoms with Crippen molar-refractivity contribution in [3.05, 3.63) is 46.7 Å². The first kappa shape index (κ1) is 18.4. The minimum absolute atomic E-state index is 0.124. The standard InChI is InChI=1S/C17H19N5O2S2/c1-11-5-4-6-13(12(11)2)24-9-14-20-21-17(22(14)3)26-10-15(23)19-16-18-7-8-25-16/h4-8H,9-10H2,1-3H3,(H,18,19,23). The van der Waals surface area contributed by atoms with Crippen molar-refractivity contribution < 1.29 is 9.53 Å². The summed E-state index contributed by atoms with van der Waals surface area (Å²) in [7, 11) is 1.86. The van der Waals surface area contributed by atoms with Crippen molar-refractivity contribution >= 4 is 34.1 Å². The molecule has 0 aliphatic carbocycles. The van der Waals surface area contributed by atoms with Gasteiger partial charge >= 0.3 is 0 Å². The highest BCUT2D eigenvalue weighted by Crippen LogP contribution is 2.22. The summed E-state index contributed by atoms with van der Waals surface area (Å²) in [5.41, 5.74) is 2.30. The van der Waals surface area contributed by atoms with E-state index in [1.54, 1.807) is 6.20 Å². The third-order valence-electron chi connectivity index (χ3n) is 3.85. The number of thiazole rings is 1. The molecule has 0 spiro atoms. The van der Waals surface area contributed by atoms with Crippen LogP contribution >= 0.6 is 23.1 Å². The van der Waals surface area contributed by atoms with E-state index in [-0.39, 0.29) is 11.7 Å². The van der Waals surface area contributed by atoms with Gasteiger partial charge in [0.25, 0.3) is 0 Å². The molecule has 0 bridgehead atoms. The summed E-state index contributed by atoms with van der Waals surface area (Å²) >= 11 is 2.71. The molecular formula is C17H19N5O2S2. The van der Waals surface area contributed by atoms with Gasteiger partial charge in [-0.05, 0) is 31.0 Å². The summed E-state index contributed by atoms with van der Waals surface area (Å²) in [6.07, 6.45) is 1.65. The first-order valence-corrected chi connectivity index (χ1v) is 9.80. The lowest BCUT2D eigenvalue weighted by molar-refractivity contribution is -0.113. The molecular weight excluding hydrogens is 370 g/mol. The minimum atomic E-state index is -0.124. The molecule has 1 amide bonds. The average Bonchev–Trinajstić information content (AvgIpc) is 3.25. The van der Waals surface area contributed by atoms with Gasteiger partial charge in [0.1, 0.15) is 12.4 Å². The predicted octanol–water partition coefficient (Wildman–Crippen LogP) is 3.20. The van der Waals surface area contributed by atoms with Gasteiger partial charge in [0, 0.05) is 18.6 Å². The van der Waals surface area contributed by atoms with E-state index in [0.29, 0.717) is 22.7 Å². The summed E-state index contributed by atoms with van der Waals surface area (Å²) in [5.74, 6) is 1.66. The number of thioether (sulfide) groups is 1. The second-order valence-electron chi connectivity index (χ2n) is 5.62. The first-order chi connectivity index (χ1) is 12.5. The molecule has 3 rings (SSSR count). The van der Waals surface area contributed by atoms with Crippen molar-refractivity contribution in [1.82, 2.24) is 19.7 Å². The van der Waals surface area contributed by atoms with Crippen molar-refractivity contribution in [2.75, 3.05) is 11.1 Å². The molecule has 26 heavy (non-hydrogen) atoms. The number of nitrogens with one attached hydrogen (secondary N) is 1. The van der Waals surface area contributed by atoms with E-state index in [4.69, 9.17) is 4.74 Å². The second-order valence-corrected chi connectivity index (χ2v) is 7.46. The molecule has 0 aliphatic rings. The van der Waals surface area contributed by atoms with Crippen molar-refractivity contribution in [1.29, 1.82) is 0 Å². The average molecular weight is 390 g/mol. The zero-order valence-electron chi connectivity index (χ0n) is 14.7. The van der Waals surface area contributed by atoms with Crippen LogP contribution in [0.1, 0.15) is 17.0 Å². The van der Waals surface area contributed by atoms with Crippen LogP contribution in [-0.2, 0) is 18.4 Å². The number of carbonyl (C=O) groups is 1. The molecule has 3 aromatic rings. The topological polar surface area (TPSA) is 81.9 Å². The Balaban J connectivity index is 1.55. The van der Waals surface area contributed by atoms with Gasteiger partial charge in [-0.15, -0.1) is 21.5 Å². The maximum absolute atomic E-state index is 11.9. The molecule has 2 heterocycles. The molecule has 7 nitrogen and oxygen atoms in total. The van der Waals surface area contributed by atoms with Crippen LogP contribution in [0.5, 0.6) is 5.75 Å². The molecule has 0 atom stereocenters. The SMILES string of the molecule is Cc1cccc(OCc2nnc(SCC(=O)Nc3nccs3)n2C)c1C. The lowest BCUT2D eigenvalue weighted by Crippen LogP contribution is -2.14. The van der Waals surface area contributed by atoms with Gasteiger partial charge in [-0.3, -0.25) is 4.79 Å². The van der Waals surface area contributed by atoms with Gasteiger partial charge in [-0.2, -0.15) is 0 Å². The van der Waals surface area contributed by atoms with E-state index >= 15 is 0 Å². The Morgan fingerprint density at radius 3 is 2.96 bits per heavy atom. The van der Waals surface area contributed by atoms with E-state index < -0.39 is 0 Å². The number of aromatic nitrogens is 4. The number of benzene rings is 1. The molecule has 0 fully saturated rings. The van der Waals surface area contributed by atoms with Crippen LogP contribution in [0.2, 0.25) is 0 Å². The maximum Gasteiger partial charge on any atom is 0.236 e. The molecule has 2 aromatic heterocycles. The third kappa shape index (κ3) is 4.41. The van der Waals surface area contributed by atoms with Gasteiger partial charge in [0.15, 0.2) is 16.1 Å². The number of nitrogens with zero attached hydrogens (tertiary/aromatic N) is 4. The Kier molecular flexibility index (Phi) is 5.89. The van der Waals surface area contributed by atoms with E-state index in [1.165, 1.54) is 28.7 Å². The number of carbonyl (C=O) groups excluding carboxylic acids is 1. The van der Waals surface area contributed by atoms with Crippen molar-refractivity contribution in [2.45, 2.75) is 25.6 Å². The van der Waals surface area contributed by atoms with E-state index in [0.717, 1.165) is 11.3 Å². The second kappa shape index (κ2) is 8.33. The van der Waals surface area contributed by atoms with E-state index in [1.807, 2.05) is 36.1 Å². The van der Waals surface area contributed by atoms with Crippen molar-refractivity contribution in [3.63, 3.8) is 0 Å².